The minimum atomic E-state index is 0.432. The largest absolute Gasteiger partial charge is 0.380 e. The van der Waals surface area contributed by atoms with Crippen LogP contribution in [0.1, 0.15) is 12.8 Å². The Balaban J connectivity index is 1.72. The molecule has 0 aromatic carbocycles. The first-order chi connectivity index (χ1) is 7.29. The molecule has 2 heterocycles. The molecule has 3 nitrogen and oxygen atoms in total. The van der Waals surface area contributed by atoms with Gasteiger partial charge in [-0.05, 0) is 25.6 Å². The van der Waals surface area contributed by atoms with Crippen molar-refractivity contribution < 1.29 is 4.74 Å². The molecule has 0 aliphatic carbocycles. The number of thioether (sulfide) groups is 1. The lowest BCUT2D eigenvalue weighted by Gasteiger charge is -2.26. The lowest BCUT2D eigenvalue weighted by molar-refractivity contribution is 0.115. The Kier molecular flexibility index (Phi) is 4.31. The van der Waals surface area contributed by atoms with Crippen molar-refractivity contribution in [2.45, 2.75) is 31.0 Å². The van der Waals surface area contributed by atoms with E-state index in [2.05, 4.69) is 29.0 Å². The van der Waals surface area contributed by atoms with Gasteiger partial charge in [0.2, 0.25) is 0 Å². The highest BCUT2D eigenvalue weighted by Gasteiger charge is 2.27. The third-order valence-corrected chi connectivity index (χ3v) is 4.70. The van der Waals surface area contributed by atoms with Gasteiger partial charge >= 0.3 is 0 Å². The number of ether oxygens (including phenoxy) is 1. The van der Waals surface area contributed by atoms with Crippen LogP contribution in [0.5, 0.6) is 0 Å². The van der Waals surface area contributed by atoms with E-state index in [1.807, 2.05) is 7.11 Å². The van der Waals surface area contributed by atoms with E-state index >= 15 is 0 Å². The number of nitrogens with zero attached hydrogens (tertiary/aromatic N) is 1. The molecule has 0 amide bonds. The molecule has 15 heavy (non-hydrogen) atoms. The van der Waals surface area contributed by atoms with Crippen molar-refractivity contribution in [3.8, 4) is 0 Å². The van der Waals surface area contributed by atoms with Gasteiger partial charge in [0.05, 0.1) is 6.10 Å². The summed E-state index contributed by atoms with van der Waals surface area (Å²) in [5.74, 6) is 2.66. The SMILES string of the molecule is COC1CNC(CN(C)C2CCSC2)C1. The van der Waals surface area contributed by atoms with E-state index in [9.17, 15) is 0 Å². The van der Waals surface area contributed by atoms with Crippen LogP contribution in [0.4, 0.5) is 0 Å². The van der Waals surface area contributed by atoms with Crippen molar-refractivity contribution in [1.29, 1.82) is 0 Å². The second-order valence-corrected chi connectivity index (χ2v) is 5.81. The van der Waals surface area contributed by atoms with Crippen LogP contribution in [0, 0.1) is 0 Å². The molecule has 2 aliphatic rings. The third kappa shape index (κ3) is 3.09. The van der Waals surface area contributed by atoms with Crippen LogP contribution < -0.4 is 5.32 Å². The zero-order chi connectivity index (χ0) is 10.7. The van der Waals surface area contributed by atoms with Gasteiger partial charge < -0.3 is 15.0 Å². The van der Waals surface area contributed by atoms with Crippen molar-refractivity contribution in [3.63, 3.8) is 0 Å². The number of hydrogen-bond acceptors (Lipinski definition) is 4. The minimum Gasteiger partial charge on any atom is -0.380 e. The fourth-order valence-corrected chi connectivity index (χ4v) is 3.77. The zero-order valence-corrected chi connectivity index (χ0v) is 10.6. The van der Waals surface area contributed by atoms with Crippen molar-refractivity contribution in [3.05, 3.63) is 0 Å². The van der Waals surface area contributed by atoms with Gasteiger partial charge in [0.25, 0.3) is 0 Å². The molecule has 0 bridgehead atoms. The Morgan fingerprint density at radius 1 is 1.53 bits per heavy atom. The van der Waals surface area contributed by atoms with E-state index < -0.39 is 0 Å². The molecular formula is C11H22N2OS. The summed E-state index contributed by atoms with van der Waals surface area (Å²) < 4.78 is 5.36. The van der Waals surface area contributed by atoms with Crippen LogP contribution in [-0.2, 0) is 4.74 Å². The standard InChI is InChI=1S/C11H22N2OS/c1-13(10-3-4-15-8-10)7-9-5-11(14-2)6-12-9/h9-12H,3-8H2,1-2H3. The highest BCUT2D eigenvalue weighted by Crippen LogP contribution is 2.22. The van der Waals surface area contributed by atoms with Crippen molar-refractivity contribution >= 4 is 11.8 Å². The summed E-state index contributed by atoms with van der Waals surface area (Å²) in [6.07, 6.45) is 2.96. The Morgan fingerprint density at radius 2 is 2.40 bits per heavy atom. The summed E-state index contributed by atoms with van der Waals surface area (Å²) >= 11 is 2.09. The first kappa shape index (κ1) is 11.7. The number of nitrogens with one attached hydrogen (secondary N) is 1. The molecule has 3 atom stereocenters. The summed E-state index contributed by atoms with van der Waals surface area (Å²) in [5, 5.41) is 3.54. The topological polar surface area (TPSA) is 24.5 Å². The van der Waals surface area contributed by atoms with Crippen LogP contribution in [0.3, 0.4) is 0 Å². The molecule has 0 aromatic heterocycles. The molecule has 4 heteroatoms. The van der Waals surface area contributed by atoms with Gasteiger partial charge in [-0.25, -0.2) is 0 Å². The lowest BCUT2D eigenvalue weighted by atomic mass is 10.1. The molecule has 2 aliphatic heterocycles. The van der Waals surface area contributed by atoms with Gasteiger partial charge in [-0.15, -0.1) is 0 Å². The van der Waals surface area contributed by atoms with Crippen molar-refractivity contribution in [1.82, 2.24) is 10.2 Å². The maximum Gasteiger partial charge on any atom is 0.0711 e. The monoisotopic (exact) mass is 230 g/mol. The average molecular weight is 230 g/mol. The highest BCUT2D eigenvalue weighted by molar-refractivity contribution is 7.99. The summed E-state index contributed by atoms with van der Waals surface area (Å²) in [7, 11) is 4.07. The summed E-state index contributed by atoms with van der Waals surface area (Å²) in [4.78, 5) is 2.52. The second-order valence-electron chi connectivity index (χ2n) is 4.66. The number of methoxy groups -OCH3 is 1. The van der Waals surface area contributed by atoms with Crippen LogP contribution in [0.2, 0.25) is 0 Å². The number of likely N-dealkylation sites (N-methyl/N-ethyl adjacent to an activating group) is 1. The van der Waals surface area contributed by atoms with E-state index in [0.29, 0.717) is 12.1 Å². The van der Waals surface area contributed by atoms with Gasteiger partial charge in [-0.1, -0.05) is 0 Å². The van der Waals surface area contributed by atoms with E-state index in [1.54, 1.807) is 0 Å². The van der Waals surface area contributed by atoms with Gasteiger partial charge in [0, 0.05) is 38.0 Å². The summed E-state index contributed by atoms with van der Waals surface area (Å²) in [6, 6.07) is 1.43. The van der Waals surface area contributed by atoms with E-state index in [1.165, 1.54) is 30.9 Å². The zero-order valence-electron chi connectivity index (χ0n) is 9.74. The summed E-state index contributed by atoms with van der Waals surface area (Å²) in [5.41, 5.74) is 0. The highest BCUT2D eigenvalue weighted by atomic mass is 32.2. The quantitative estimate of drug-likeness (QED) is 0.772. The van der Waals surface area contributed by atoms with Crippen molar-refractivity contribution in [2.24, 2.45) is 0 Å². The van der Waals surface area contributed by atoms with E-state index in [-0.39, 0.29) is 0 Å². The Hall–Kier alpha value is 0.230. The Labute approximate surface area is 96.9 Å². The summed E-state index contributed by atoms with van der Waals surface area (Å²) in [6.45, 7) is 2.19. The van der Waals surface area contributed by atoms with Crippen LogP contribution in [-0.4, -0.2) is 61.8 Å². The molecule has 2 saturated heterocycles. The average Bonchev–Trinajstić information content (AvgIpc) is 2.87. The fourth-order valence-electron chi connectivity index (χ4n) is 2.47. The molecule has 0 radical (unpaired) electrons. The van der Waals surface area contributed by atoms with Crippen LogP contribution in [0.15, 0.2) is 0 Å². The smallest absolute Gasteiger partial charge is 0.0711 e. The predicted octanol–water partition coefficient (Wildman–Crippen LogP) is 0.801. The molecule has 2 rings (SSSR count). The van der Waals surface area contributed by atoms with E-state index in [4.69, 9.17) is 4.74 Å². The van der Waals surface area contributed by atoms with Gasteiger partial charge in [0.1, 0.15) is 0 Å². The molecule has 0 spiro atoms. The maximum absolute atomic E-state index is 5.36. The molecule has 3 unspecified atom stereocenters. The fraction of sp³-hybridized carbons (Fsp3) is 1.00. The molecule has 0 saturated carbocycles. The first-order valence-corrected chi connectivity index (χ1v) is 6.99. The molecule has 0 aromatic rings. The maximum atomic E-state index is 5.36. The normalized spacial score (nSPS) is 36.6. The van der Waals surface area contributed by atoms with Gasteiger partial charge in [-0.3, -0.25) is 0 Å². The van der Waals surface area contributed by atoms with Gasteiger partial charge in [0.15, 0.2) is 0 Å². The number of hydrogen-bond donors (Lipinski definition) is 1. The number of rotatable bonds is 4. The molecule has 2 fully saturated rings. The predicted molar refractivity (Wildman–Crippen MR) is 65.6 cm³/mol. The van der Waals surface area contributed by atoms with Crippen LogP contribution in [0.25, 0.3) is 0 Å². The van der Waals surface area contributed by atoms with Crippen LogP contribution >= 0.6 is 11.8 Å². The minimum absolute atomic E-state index is 0.432. The van der Waals surface area contributed by atoms with E-state index in [0.717, 1.165) is 12.6 Å². The Bertz CT molecular complexity index is 197. The molecule has 88 valence electrons. The lowest BCUT2D eigenvalue weighted by Crippen LogP contribution is -2.41. The van der Waals surface area contributed by atoms with Gasteiger partial charge in [-0.2, -0.15) is 11.8 Å². The third-order valence-electron chi connectivity index (χ3n) is 3.55. The Morgan fingerprint density at radius 3 is 3.00 bits per heavy atom. The molecular weight excluding hydrogens is 208 g/mol. The molecule has 1 N–H and O–H groups in total. The second kappa shape index (κ2) is 5.53. The van der Waals surface area contributed by atoms with Crippen molar-refractivity contribution in [2.75, 3.05) is 38.8 Å². The first-order valence-electron chi connectivity index (χ1n) is 5.83.